The quantitative estimate of drug-likeness (QED) is 0.452. The van der Waals surface area contributed by atoms with E-state index in [1.54, 1.807) is 6.42 Å². The van der Waals surface area contributed by atoms with Crippen molar-refractivity contribution >= 4 is 5.97 Å². The SMILES string of the molecule is CCCC[CH]C(=O)OC(C)C. The van der Waals surface area contributed by atoms with Gasteiger partial charge in [-0.1, -0.05) is 19.8 Å². The summed E-state index contributed by atoms with van der Waals surface area (Å²) < 4.78 is 4.90. The Hall–Kier alpha value is -0.530. The van der Waals surface area contributed by atoms with Crippen LogP contribution in [0.2, 0.25) is 0 Å². The van der Waals surface area contributed by atoms with E-state index >= 15 is 0 Å². The van der Waals surface area contributed by atoms with E-state index in [4.69, 9.17) is 4.74 Å². The first-order chi connectivity index (χ1) is 5.16. The third kappa shape index (κ3) is 7.37. The van der Waals surface area contributed by atoms with Gasteiger partial charge >= 0.3 is 5.97 Å². The molecule has 0 aliphatic rings. The van der Waals surface area contributed by atoms with Crippen LogP contribution in [0.3, 0.4) is 0 Å². The van der Waals surface area contributed by atoms with Crippen LogP contribution in [0.1, 0.15) is 40.0 Å². The summed E-state index contributed by atoms with van der Waals surface area (Å²) in [7, 11) is 0. The Labute approximate surface area is 68.9 Å². The van der Waals surface area contributed by atoms with E-state index in [2.05, 4.69) is 6.92 Å². The fourth-order valence-corrected chi connectivity index (χ4v) is 0.704. The summed E-state index contributed by atoms with van der Waals surface area (Å²) in [5.41, 5.74) is 0. The van der Waals surface area contributed by atoms with Crippen molar-refractivity contribution in [3.05, 3.63) is 6.42 Å². The first-order valence-electron chi connectivity index (χ1n) is 4.20. The molecular formula is C9H17O2. The molecule has 0 atom stereocenters. The van der Waals surface area contributed by atoms with Crippen molar-refractivity contribution in [1.29, 1.82) is 0 Å². The molecule has 0 spiro atoms. The lowest BCUT2D eigenvalue weighted by Gasteiger charge is -2.06. The summed E-state index contributed by atoms with van der Waals surface area (Å²) in [6.07, 6.45) is 4.63. The van der Waals surface area contributed by atoms with Gasteiger partial charge in [0.05, 0.1) is 12.5 Å². The lowest BCUT2D eigenvalue weighted by atomic mass is 10.2. The summed E-state index contributed by atoms with van der Waals surface area (Å²) in [4.78, 5) is 10.9. The number of unbranched alkanes of at least 4 members (excludes halogenated alkanes) is 2. The molecule has 0 amide bonds. The summed E-state index contributed by atoms with van der Waals surface area (Å²) in [6.45, 7) is 5.80. The molecule has 0 rings (SSSR count). The van der Waals surface area contributed by atoms with Crippen LogP contribution < -0.4 is 0 Å². The highest BCUT2D eigenvalue weighted by Crippen LogP contribution is 2.00. The molecule has 11 heavy (non-hydrogen) atoms. The maximum absolute atomic E-state index is 10.9. The molecule has 0 saturated carbocycles. The molecule has 0 aromatic carbocycles. The van der Waals surface area contributed by atoms with Gasteiger partial charge < -0.3 is 4.74 Å². The Morgan fingerprint density at radius 3 is 2.64 bits per heavy atom. The maximum Gasteiger partial charge on any atom is 0.310 e. The molecule has 65 valence electrons. The van der Waals surface area contributed by atoms with Crippen molar-refractivity contribution in [1.82, 2.24) is 0 Å². The van der Waals surface area contributed by atoms with Gasteiger partial charge in [0.25, 0.3) is 0 Å². The minimum atomic E-state index is -0.187. The fourth-order valence-electron chi connectivity index (χ4n) is 0.704. The highest BCUT2D eigenvalue weighted by molar-refractivity contribution is 5.78. The van der Waals surface area contributed by atoms with Crippen LogP contribution in [0, 0.1) is 6.42 Å². The zero-order chi connectivity index (χ0) is 8.69. The molecule has 0 aromatic rings. The van der Waals surface area contributed by atoms with Crippen LogP contribution in [-0.2, 0) is 9.53 Å². The Bertz CT molecular complexity index is 108. The molecular weight excluding hydrogens is 140 g/mol. The number of hydrogen-bond donors (Lipinski definition) is 0. The third-order valence-electron chi connectivity index (χ3n) is 1.22. The van der Waals surface area contributed by atoms with Crippen molar-refractivity contribution in [3.8, 4) is 0 Å². The minimum absolute atomic E-state index is 0.000349. The van der Waals surface area contributed by atoms with Gasteiger partial charge in [-0.3, -0.25) is 4.79 Å². The Morgan fingerprint density at radius 1 is 1.55 bits per heavy atom. The summed E-state index contributed by atoms with van der Waals surface area (Å²) in [5, 5.41) is 0. The van der Waals surface area contributed by atoms with Crippen LogP contribution >= 0.6 is 0 Å². The average molecular weight is 157 g/mol. The van der Waals surface area contributed by atoms with E-state index in [0.717, 1.165) is 19.3 Å². The Kier molecular flexibility index (Phi) is 5.90. The highest BCUT2D eigenvalue weighted by Gasteiger charge is 2.03. The molecule has 0 heterocycles. The van der Waals surface area contributed by atoms with Gasteiger partial charge in [0, 0.05) is 0 Å². The van der Waals surface area contributed by atoms with Crippen LogP contribution in [0.4, 0.5) is 0 Å². The molecule has 0 aliphatic carbocycles. The van der Waals surface area contributed by atoms with Crippen LogP contribution in [0.25, 0.3) is 0 Å². The number of ether oxygens (including phenoxy) is 1. The highest BCUT2D eigenvalue weighted by atomic mass is 16.5. The first kappa shape index (κ1) is 10.5. The number of hydrogen-bond acceptors (Lipinski definition) is 2. The lowest BCUT2D eigenvalue weighted by molar-refractivity contribution is -0.143. The standard InChI is InChI=1S/C9H17O2/c1-4-5-6-7-9(10)11-8(2)3/h7-8H,4-6H2,1-3H3. The lowest BCUT2D eigenvalue weighted by Crippen LogP contribution is -2.11. The van der Waals surface area contributed by atoms with Gasteiger partial charge in [0.1, 0.15) is 0 Å². The second-order valence-corrected chi connectivity index (χ2v) is 2.83. The predicted octanol–water partition coefficient (Wildman–Crippen LogP) is 2.33. The largest absolute Gasteiger partial charge is 0.463 e. The number of carbonyl (C=O) groups is 1. The van der Waals surface area contributed by atoms with Gasteiger partial charge in [-0.15, -0.1) is 0 Å². The van der Waals surface area contributed by atoms with E-state index in [0.29, 0.717) is 0 Å². The van der Waals surface area contributed by atoms with Crippen molar-refractivity contribution in [2.24, 2.45) is 0 Å². The number of rotatable bonds is 5. The fraction of sp³-hybridized carbons (Fsp3) is 0.778. The second kappa shape index (κ2) is 6.20. The molecule has 0 bridgehead atoms. The Balaban J connectivity index is 3.23. The molecule has 0 N–H and O–H groups in total. The smallest absolute Gasteiger partial charge is 0.310 e. The summed E-state index contributed by atoms with van der Waals surface area (Å²) in [5.74, 6) is -0.187. The van der Waals surface area contributed by atoms with Crippen LogP contribution in [0.15, 0.2) is 0 Å². The minimum Gasteiger partial charge on any atom is -0.463 e. The maximum atomic E-state index is 10.9. The average Bonchev–Trinajstić information content (AvgIpc) is 1.86. The van der Waals surface area contributed by atoms with Gasteiger partial charge in [-0.2, -0.15) is 0 Å². The zero-order valence-corrected chi connectivity index (χ0v) is 7.59. The molecule has 0 unspecified atom stereocenters. The molecule has 0 aliphatic heterocycles. The van der Waals surface area contributed by atoms with Gasteiger partial charge in [-0.05, 0) is 20.3 Å². The van der Waals surface area contributed by atoms with Crippen molar-refractivity contribution in [2.45, 2.75) is 46.1 Å². The zero-order valence-electron chi connectivity index (χ0n) is 7.59. The summed E-state index contributed by atoms with van der Waals surface area (Å²) in [6, 6.07) is 0. The molecule has 0 saturated heterocycles. The topological polar surface area (TPSA) is 26.3 Å². The normalized spacial score (nSPS) is 10.2. The second-order valence-electron chi connectivity index (χ2n) is 2.83. The molecule has 2 nitrogen and oxygen atoms in total. The van der Waals surface area contributed by atoms with Crippen LogP contribution in [-0.4, -0.2) is 12.1 Å². The first-order valence-corrected chi connectivity index (χ1v) is 4.20. The number of esters is 1. The molecule has 0 aromatic heterocycles. The molecule has 2 heteroatoms. The summed E-state index contributed by atoms with van der Waals surface area (Å²) >= 11 is 0. The van der Waals surface area contributed by atoms with Gasteiger partial charge in [0.15, 0.2) is 0 Å². The van der Waals surface area contributed by atoms with Crippen molar-refractivity contribution < 1.29 is 9.53 Å². The van der Waals surface area contributed by atoms with Crippen LogP contribution in [0.5, 0.6) is 0 Å². The van der Waals surface area contributed by atoms with E-state index < -0.39 is 0 Å². The number of carbonyl (C=O) groups excluding carboxylic acids is 1. The van der Waals surface area contributed by atoms with E-state index in [1.165, 1.54) is 0 Å². The van der Waals surface area contributed by atoms with Crippen molar-refractivity contribution in [2.75, 3.05) is 0 Å². The molecule has 1 radical (unpaired) electrons. The van der Waals surface area contributed by atoms with Gasteiger partial charge in [0.2, 0.25) is 0 Å². The predicted molar refractivity (Wildman–Crippen MR) is 45.1 cm³/mol. The molecule has 0 fully saturated rings. The van der Waals surface area contributed by atoms with E-state index in [-0.39, 0.29) is 12.1 Å². The van der Waals surface area contributed by atoms with Gasteiger partial charge in [-0.25, -0.2) is 0 Å². The van der Waals surface area contributed by atoms with E-state index in [1.807, 2.05) is 13.8 Å². The Morgan fingerprint density at radius 2 is 2.18 bits per heavy atom. The van der Waals surface area contributed by atoms with E-state index in [9.17, 15) is 4.79 Å². The monoisotopic (exact) mass is 157 g/mol. The third-order valence-corrected chi connectivity index (χ3v) is 1.22. The van der Waals surface area contributed by atoms with Crippen molar-refractivity contribution in [3.63, 3.8) is 0 Å².